The monoisotopic (exact) mass is 368 g/mol. The van der Waals surface area contributed by atoms with Crippen LogP contribution in [0.15, 0.2) is 24.3 Å². The van der Waals surface area contributed by atoms with Crippen LogP contribution in [0.25, 0.3) is 0 Å². The van der Waals surface area contributed by atoms with E-state index >= 15 is 0 Å². The van der Waals surface area contributed by atoms with Gasteiger partial charge in [-0.2, -0.15) is 0 Å². The average Bonchev–Trinajstić information content (AvgIpc) is 2.62. The van der Waals surface area contributed by atoms with Crippen LogP contribution in [-0.4, -0.2) is 66.0 Å². The maximum absolute atomic E-state index is 12.2. The van der Waals surface area contributed by atoms with Crippen molar-refractivity contribution < 1.29 is 22.8 Å². The first kappa shape index (κ1) is 18.2. The Bertz CT molecular complexity index is 684. The van der Waals surface area contributed by atoms with Crippen LogP contribution < -0.4 is 14.5 Å². The van der Waals surface area contributed by atoms with Crippen LogP contribution in [0.4, 0.5) is 5.69 Å². The van der Waals surface area contributed by atoms with Gasteiger partial charge in [0.15, 0.2) is 0 Å². The van der Waals surface area contributed by atoms with Gasteiger partial charge in [0.05, 0.1) is 37.7 Å². The van der Waals surface area contributed by atoms with E-state index in [2.05, 4.69) is 5.32 Å². The third kappa shape index (κ3) is 4.71. The number of benzene rings is 1. The molecule has 1 aromatic carbocycles. The van der Waals surface area contributed by atoms with Crippen LogP contribution >= 0.6 is 0 Å². The molecule has 25 heavy (non-hydrogen) atoms. The summed E-state index contributed by atoms with van der Waals surface area (Å²) in [4.78, 5) is 13.7. The molecule has 0 aliphatic carbocycles. The van der Waals surface area contributed by atoms with Crippen molar-refractivity contribution in [2.45, 2.75) is 12.8 Å². The van der Waals surface area contributed by atoms with Crippen molar-refractivity contribution in [3.05, 3.63) is 29.8 Å². The topological polar surface area (TPSA) is 80.2 Å². The molecule has 2 aliphatic heterocycles. The van der Waals surface area contributed by atoms with E-state index in [9.17, 15) is 13.2 Å². The van der Waals surface area contributed by atoms with Crippen LogP contribution in [-0.2, 0) is 14.8 Å². The normalized spacial score (nSPS) is 21.0. The number of amides is 1. The van der Waals surface area contributed by atoms with Crippen molar-refractivity contribution in [3.63, 3.8) is 0 Å². The van der Waals surface area contributed by atoms with Gasteiger partial charge in [-0.05, 0) is 37.1 Å². The van der Waals surface area contributed by atoms with E-state index in [-0.39, 0.29) is 11.7 Å². The Morgan fingerprint density at radius 3 is 2.56 bits per heavy atom. The average molecular weight is 368 g/mol. The lowest BCUT2D eigenvalue weighted by Crippen LogP contribution is -3.14. The molecule has 1 amide bonds. The molecule has 0 bridgehead atoms. The first-order valence-corrected chi connectivity index (χ1v) is 10.5. The molecule has 0 unspecified atom stereocenters. The van der Waals surface area contributed by atoms with Crippen molar-refractivity contribution in [2.24, 2.45) is 0 Å². The summed E-state index contributed by atoms with van der Waals surface area (Å²) in [6.07, 6.45) is 1.58. The molecule has 0 aromatic heterocycles. The van der Waals surface area contributed by atoms with E-state index in [0.717, 1.165) is 39.3 Å². The van der Waals surface area contributed by atoms with Gasteiger partial charge in [-0.1, -0.05) is 0 Å². The Labute approximate surface area is 149 Å². The standard InChI is InChI=1S/C17H25N3O4S/c21-17(18-7-9-19-10-12-24-13-11-19)15-3-5-16(6-4-15)20-8-1-2-14-25(20,22)23/h3-6H,1-2,7-14H2,(H,18,21)/p+1. The Morgan fingerprint density at radius 1 is 1.16 bits per heavy atom. The lowest BCUT2D eigenvalue weighted by molar-refractivity contribution is -0.906. The van der Waals surface area contributed by atoms with Crippen molar-refractivity contribution in [2.75, 3.05) is 56.0 Å². The minimum atomic E-state index is -3.22. The summed E-state index contributed by atoms with van der Waals surface area (Å²) in [6, 6.07) is 6.81. The van der Waals surface area contributed by atoms with Crippen LogP contribution in [0, 0.1) is 0 Å². The third-order valence-electron chi connectivity index (χ3n) is 4.73. The summed E-state index contributed by atoms with van der Waals surface area (Å²) >= 11 is 0. The van der Waals surface area contributed by atoms with Crippen molar-refractivity contribution in [1.82, 2.24) is 5.32 Å². The minimum Gasteiger partial charge on any atom is -0.370 e. The predicted octanol–water partition coefficient (Wildman–Crippen LogP) is -0.738. The first-order valence-electron chi connectivity index (χ1n) is 8.86. The molecule has 2 aliphatic rings. The maximum Gasteiger partial charge on any atom is 0.251 e. The molecular formula is C17H26N3O4S+. The molecule has 3 rings (SSSR count). The van der Waals surface area contributed by atoms with Crippen molar-refractivity contribution in [1.29, 1.82) is 0 Å². The Kier molecular flexibility index (Phi) is 5.93. The number of hydrogen-bond donors (Lipinski definition) is 2. The number of ether oxygens (including phenoxy) is 1. The van der Waals surface area contributed by atoms with E-state index in [0.29, 0.717) is 30.8 Å². The molecule has 0 atom stereocenters. The highest BCUT2D eigenvalue weighted by atomic mass is 32.2. The Hall–Kier alpha value is -1.64. The number of morpholine rings is 1. The third-order valence-corrected chi connectivity index (χ3v) is 6.60. The molecular weight excluding hydrogens is 342 g/mol. The highest BCUT2D eigenvalue weighted by molar-refractivity contribution is 7.92. The summed E-state index contributed by atoms with van der Waals surface area (Å²) in [6.45, 7) is 5.55. The second-order valence-corrected chi connectivity index (χ2v) is 8.52. The van der Waals surface area contributed by atoms with Crippen LogP contribution in [0.5, 0.6) is 0 Å². The van der Waals surface area contributed by atoms with Gasteiger partial charge >= 0.3 is 0 Å². The maximum atomic E-state index is 12.2. The number of quaternary nitrogens is 1. The number of carbonyl (C=O) groups is 1. The summed E-state index contributed by atoms with van der Waals surface area (Å²) < 4.78 is 31.0. The van der Waals surface area contributed by atoms with E-state index in [1.54, 1.807) is 24.3 Å². The summed E-state index contributed by atoms with van der Waals surface area (Å²) in [5, 5.41) is 2.93. The number of anilines is 1. The molecule has 0 radical (unpaired) electrons. The summed E-state index contributed by atoms with van der Waals surface area (Å²) in [5.41, 5.74) is 1.18. The quantitative estimate of drug-likeness (QED) is 0.718. The lowest BCUT2D eigenvalue weighted by Gasteiger charge is -2.28. The molecule has 2 heterocycles. The van der Waals surface area contributed by atoms with Gasteiger partial charge in [-0.3, -0.25) is 9.10 Å². The second kappa shape index (κ2) is 8.16. The van der Waals surface area contributed by atoms with Gasteiger partial charge < -0.3 is 15.0 Å². The predicted molar refractivity (Wildman–Crippen MR) is 95.5 cm³/mol. The zero-order chi connectivity index (χ0) is 17.7. The van der Waals surface area contributed by atoms with E-state index in [1.807, 2.05) is 0 Å². The van der Waals surface area contributed by atoms with Gasteiger partial charge in [0.2, 0.25) is 10.0 Å². The Morgan fingerprint density at radius 2 is 1.88 bits per heavy atom. The van der Waals surface area contributed by atoms with Crippen LogP contribution in [0.3, 0.4) is 0 Å². The van der Waals surface area contributed by atoms with Gasteiger partial charge in [0, 0.05) is 12.1 Å². The molecule has 7 nitrogen and oxygen atoms in total. The molecule has 2 saturated heterocycles. The van der Waals surface area contributed by atoms with Gasteiger partial charge in [0.1, 0.15) is 13.1 Å². The number of carbonyl (C=O) groups excluding carboxylic acids is 1. The Balaban J connectivity index is 1.53. The minimum absolute atomic E-state index is 0.124. The molecule has 8 heteroatoms. The fourth-order valence-electron chi connectivity index (χ4n) is 3.22. The lowest BCUT2D eigenvalue weighted by atomic mass is 10.2. The fraction of sp³-hybridized carbons (Fsp3) is 0.588. The van der Waals surface area contributed by atoms with Crippen LogP contribution in [0.1, 0.15) is 23.2 Å². The van der Waals surface area contributed by atoms with Gasteiger partial charge in [-0.25, -0.2) is 8.42 Å². The molecule has 138 valence electrons. The molecule has 0 saturated carbocycles. The smallest absolute Gasteiger partial charge is 0.251 e. The first-order chi connectivity index (χ1) is 12.1. The van der Waals surface area contributed by atoms with Crippen molar-refractivity contribution in [3.8, 4) is 0 Å². The zero-order valence-electron chi connectivity index (χ0n) is 14.4. The molecule has 1 aromatic rings. The largest absolute Gasteiger partial charge is 0.370 e. The summed E-state index contributed by atoms with van der Waals surface area (Å²) in [7, 11) is -3.22. The van der Waals surface area contributed by atoms with Gasteiger partial charge in [-0.15, -0.1) is 0 Å². The van der Waals surface area contributed by atoms with E-state index < -0.39 is 10.0 Å². The number of hydrogen-bond acceptors (Lipinski definition) is 4. The molecule has 0 spiro atoms. The number of sulfonamides is 1. The van der Waals surface area contributed by atoms with Crippen molar-refractivity contribution >= 4 is 21.6 Å². The number of nitrogens with zero attached hydrogens (tertiary/aromatic N) is 1. The second-order valence-electron chi connectivity index (χ2n) is 6.51. The van der Waals surface area contributed by atoms with E-state index in [1.165, 1.54) is 9.21 Å². The highest BCUT2D eigenvalue weighted by Gasteiger charge is 2.26. The van der Waals surface area contributed by atoms with Gasteiger partial charge in [0.25, 0.3) is 5.91 Å². The highest BCUT2D eigenvalue weighted by Crippen LogP contribution is 2.23. The molecule has 2 N–H and O–H groups in total. The molecule has 2 fully saturated rings. The zero-order valence-corrected chi connectivity index (χ0v) is 15.2. The fourth-order valence-corrected chi connectivity index (χ4v) is 4.86. The van der Waals surface area contributed by atoms with Crippen LogP contribution in [0.2, 0.25) is 0 Å². The summed E-state index contributed by atoms with van der Waals surface area (Å²) in [5.74, 6) is 0.0692. The number of rotatable bonds is 5. The van der Waals surface area contributed by atoms with E-state index in [4.69, 9.17) is 4.74 Å². The SMILES string of the molecule is O=C(NCC[NH+]1CCOCC1)c1ccc(N2CCCCS2(=O)=O)cc1. The number of nitrogens with one attached hydrogen (secondary N) is 2.